The maximum Gasteiger partial charge on any atom is 0.162 e. The summed E-state index contributed by atoms with van der Waals surface area (Å²) in [4.78, 5) is 13.3. The van der Waals surface area contributed by atoms with Crippen LogP contribution >= 0.6 is 11.3 Å². The highest BCUT2D eigenvalue weighted by molar-refractivity contribution is 7.15. The number of thiophene rings is 1. The third kappa shape index (κ3) is 7.59. The standard InChI is InChI=1S/C51H56FN7O3S/c1-31-33(3)63-50-46(31)48(53-32(2)49-55-54-34(4)59(49)50)36-11-14-38(15-12-36)57-21-19-51(61,20-22-57)30-56-23-25-58(26-24-56)44-29-45(62-5)42(28-43(44)52)47-40(35-9-7-6-8-10-35)17-13-37-27-39(60)16-18-41(37)47/h6-12,14-16,18,27-29,32,40,47,60-61H,13,17,19-26,30H2,1-5H3/t32-,40-,47+/m0/s1. The second-order valence-corrected chi connectivity index (χ2v) is 19.2. The fourth-order valence-corrected chi connectivity index (χ4v) is 11.9. The fraction of sp³-hybridized carbons (Fsp3) is 0.392. The minimum absolute atomic E-state index is 0.123. The Balaban J connectivity index is 0.791. The minimum Gasteiger partial charge on any atom is -0.508 e. The number of hydrogen-bond donors (Lipinski definition) is 2. The molecule has 6 aromatic rings. The number of ether oxygens (including phenoxy) is 1. The van der Waals surface area contributed by atoms with Crippen LogP contribution in [0.3, 0.4) is 0 Å². The molecule has 4 aliphatic rings. The lowest BCUT2D eigenvalue weighted by Gasteiger charge is -2.44. The summed E-state index contributed by atoms with van der Waals surface area (Å²) in [6, 6.07) is 28.3. The number of hydrogen-bond acceptors (Lipinski definition) is 10. The summed E-state index contributed by atoms with van der Waals surface area (Å²) in [6.45, 7) is 13.4. The molecule has 0 unspecified atom stereocenters. The van der Waals surface area contributed by atoms with E-state index in [0.717, 1.165) is 94.9 Å². The molecule has 1 aliphatic carbocycles. The van der Waals surface area contributed by atoms with Crippen molar-refractivity contribution in [3.63, 3.8) is 0 Å². The quantitative estimate of drug-likeness (QED) is 0.156. The number of aliphatic imine (C=N–C) groups is 1. The molecule has 5 heterocycles. The molecule has 0 spiro atoms. The number of piperidine rings is 1. The van der Waals surface area contributed by atoms with E-state index in [1.165, 1.54) is 16.0 Å². The number of methoxy groups -OCH3 is 1. The van der Waals surface area contributed by atoms with Crippen LogP contribution in [0.15, 0.2) is 89.9 Å². The number of fused-ring (bicyclic) bond motifs is 4. The molecule has 0 radical (unpaired) electrons. The Morgan fingerprint density at radius 3 is 2.33 bits per heavy atom. The topological polar surface area (TPSA) is 102 Å². The van der Waals surface area contributed by atoms with Gasteiger partial charge in [-0.1, -0.05) is 48.5 Å². The largest absolute Gasteiger partial charge is 0.508 e. The zero-order valence-corrected chi connectivity index (χ0v) is 37.6. The summed E-state index contributed by atoms with van der Waals surface area (Å²) < 4.78 is 24.7. The summed E-state index contributed by atoms with van der Waals surface area (Å²) in [7, 11) is 1.67. The average Bonchev–Trinajstić information content (AvgIpc) is 3.78. The van der Waals surface area contributed by atoms with Crippen molar-refractivity contribution >= 4 is 28.4 Å². The Bertz CT molecular complexity index is 2680. The van der Waals surface area contributed by atoms with Gasteiger partial charge in [0.25, 0.3) is 0 Å². The highest BCUT2D eigenvalue weighted by atomic mass is 32.1. The fourth-order valence-electron chi connectivity index (χ4n) is 10.7. The second kappa shape index (κ2) is 16.5. The molecule has 4 aromatic carbocycles. The number of aromatic hydroxyl groups is 1. The van der Waals surface area contributed by atoms with Crippen LogP contribution in [0.2, 0.25) is 0 Å². The Labute approximate surface area is 373 Å². The zero-order valence-electron chi connectivity index (χ0n) is 36.8. The number of anilines is 2. The van der Waals surface area contributed by atoms with Gasteiger partial charge in [0.15, 0.2) is 5.82 Å². The van der Waals surface area contributed by atoms with Gasteiger partial charge < -0.3 is 24.7 Å². The van der Waals surface area contributed by atoms with Crippen molar-refractivity contribution in [2.45, 2.75) is 76.9 Å². The van der Waals surface area contributed by atoms with E-state index in [0.29, 0.717) is 43.9 Å². The van der Waals surface area contributed by atoms with Crippen LogP contribution in [-0.4, -0.2) is 94.1 Å². The van der Waals surface area contributed by atoms with Crippen LogP contribution in [0.4, 0.5) is 15.8 Å². The number of aryl methyl sites for hydroxylation is 3. The number of nitrogens with zero attached hydrogens (tertiary/aromatic N) is 7. The highest BCUT2D eigenvalue weighted by Crippen LogP contribution is 2.50. The smallest absolute Gasteiger partial charge is 0.162 e. The van der Waals surface area contributed by atoms with E-state index < -0.39 is 5.60 Å². The first-order valence-electron chi connectivity index (χ1n) is 22.4. The van der Waals surface area contributed by atoms with Crippen molar-refractivity contribution in [2.75, 3.05) is 62.7 Å². The number of benzene rings is 4. The molecule has 0 amide bonds. The molecule has 12 heteroatoms. The van der Waals surface area contributed by atoms with Gasteiger partial charge in [-0.15, -0.1) is 21.5 Å². The van der Waals surface area contributed by atoms with Gasteiger partial charge >= 0.3 is 0 Å². The van der Waals surface area contributed by atoms with Crippen LogP contribution in [0, 0.1) is 26.6 Å². The predicted octanol–water partition coefficient (Wildman–Crippen LogP) is 9.03. The third-order valence-corrected chi connectivity index (χ3v) is 15.4. The maximum atomic E-state index is 16.5. The minimum atomic E-state index is -0.787. The zero-order chi connectivity index (χ0) is 43.6. The van der Waals surface area contributed by atoms with Crippen LogP contribution in [-0.2, 0) is 6.42 Å². The van der Waals surface area contributed by atoms with Gasteiger partial charge in [0.05, 0.1) is 24.1 Å². The number of phenols is 1. The summed E-state index contributed by atoms with van der Waals surface area (Å²) >= 11 is 1.77. The summed E-state index contributed by atoms with van der Waals surface area (Å²) in [5, 5.41) is 32.2. The van der Waals surface area contributed by atoms with E-state index >= 15 is 4.39 Å². The summed E-state index contributed by atoms with van der Waals surface area (Å²) in [5.41, 5.74) is 9.63. The lowest BCUT2D eigenvalue weighted by atomic mass is 9.69. The van der Waals surface area contributed by atoms with Crippen molar-refractivity contribution in [3.8, 4) is 16.5 Å². The second-order valence-electron chi connectivity index (χ2n) is 18.0. The summed E-state index contributed by atoms with van der Waals surface area (Å²) in [6.07, 6.45) is 3.08. The number of rotatable bonds is 8. The molecule has 2 fully saturated rings. The molecule has 2 saturated heterocycles. The van der Waals surface area contributed by atoms with Crippen molar-refractivity contribution in [3.05, 3.63) is 146 Å². The van der Waals surface area contributed by atoms with Gasteiger partial charge in [-0.05, 0) is 112 Å². The first-order valence-corrected chi connectivity index (χ1v) is 23.2. The molecule has 2 N–H and O–H groups in total. The van der Waals surface area contributed by atoms with Gasteiger partial charge in [0, 0.05) is 85.1 Å². The van der Waals surface area contributed by atoms with Crippen LogP contribution in [0.5, 0.6) is 11.5 Å². The van der Waals surface area contributed by atoms with E-state index in [1.54, 1.807) is 30.6 Å². The Kier molecular flexibility index (Phi) is 10.9. The monoisotopic (exact) mass is 865 g/mol. The molecular weight excluding hydrogens is 810 g/mol. The molecule has 0 saturated carbocycles. The Hall–Kier alpha value is -5.56. The van der Waals surface area contributed by atoms with Crippen molar-refractivity contribution in [2.24, 2.45) is 4.99 Å². The van der Waals surface area contributed by atoms with Gasteiger partial charge in [0.1, 0.15) is 34.2 Å². The van der Waals surface area contributed by atoms with Gasteiger partial charge in [0.2, 0.25) is 0 Å². The SMILES string of the molecule is COc1cc(N2CCN(CC3(O)CCN(c4ccc(C5=N[C@@H](C)c6nnc(C)n6-c6sc(C)c(C)c65)cc4)CC3)CC2)c(F)cc1[C@H]1c2ccc(O)cc2CC[C@H]1c1ccccc1. The van der Waals surface area contributed by atoms with Crippen LogP contribution in [0.25, 0.3) is 5.00 Å². The van der Waals surface area contributed by atoms with Crippen LogP contribution < -0.4 is 14.5 Å². The molecule has 63 heavy (non-hydrogen) atoms. The van der Waals surface area contributed by atoms with E-state index in [9.17, 15) is 10.2 Å². The number of piperazine rings is 1. The van der Waals surface area contributed by atoms with E-state index in [-0.39, 0.29) is 29.4 Å². The first-order chi connectivity index (χ1) is 30.5. The lowest BCUT2D eigenvalue weighted by molar-refractivity contribution is -0.0173. The molecule has 10 nitrogen and oxygen atoms in total. The number of β-amino-alcohol motifs (C(OH)–C–C–N with tert-alkyl or cyclic N) is 1. The average molecular weight is 866 g/mol. The van der Waals surface area contributed by atoms with Gasteiger partial charge in [-0.25, -0.2) is 4.39 Å². The molecule has 10 rings (SSSR count). The normalized spacial score (nSPS) is 21.0. The number of phenolic OH excluding ortho intramolecular Hbond substituents is 1. The van der Waals surface area contributed by atoms with Crippen molar-refractivity contribution in [1.82, 2.24) is 19.7 Å². The maximum absolute atomic E-state index is 16.5. The van der Waals surface area contributed by atoms with Gasteiger partial charge in [-0.2, -0.15) is 0 Å². The van der Waals surface area contributed by atoms with Crippen molar-refractivity contribution in [1.29, 1.82) is 0 Å². The van der Waals surface area contributed by atoms with E-state index in [2.05, 4.69) is 98.8 Å². The first kappa shape index (κ1) is 41.5. The molecule has 3 aliphatic heterocycles. The Morgan fingerprint density at radius 1 is 0.857 bits per heavy atom. The Morgan fingerprint density at radius 2 is 1.60 bits per heavy atom. The summed E-state index contributed by atoms with van der Waals surface area (Å²) in [5.74, 6) is 2.43. The van der Waals surface area contributed by atoms with Gasteiger partial charge in [-0.3, -0.25) is 14.5 Å². The van der Waals surface area contributed by atoms with Crippen molar-refractivity contribution < 1.29 is 19.3 Å². The molecule has 0 bridgehead atoms. The van der Waals surface area contributed by atoms with E-state index in [4.69, 9.17) is 9.73 Å². The third-order valence-electron chi connectivity index (χ3n) is 14.2. The lowest BCUT2D eigenvalue weighted by Crippen LogP contribution is -2.55. The molecular formula is C51H56FN7O3S. The molecule has 2 aromatic heterocycles. The predicted molar refractivity (Wildman–Crippen MR) is 249 cm³/mol. The number of aromatic nitrogens is 3. The molecule has 3 atom stereocenters. The number of halogens is 1. The number of aliphatic hydroxyl groups is 1. The molecule has 326 valence electrons. The highest BCUT2D eigenvalue weighted by Gasteiger charge is 2.38. The van der Waals surface area contributed by atoms with Crippen LogP contribution in [0.1, 0.15) is 99.5 Å². The van der Waals surface area contributed by atoms with E-state index in [1.807, 2.05) is 31.2 Å².